The topological polar surface area (TPSA) is 79.2 Å². The molecule has 1 heterocycles. The predicted molar refractivity (Wildman–Crippen MR) is 149 cm³/mol. The van der Waals surface area contributed by atoms with E-state index in [9.17, 15) is 13.9 Å². The Hall–Kier alpha value is -1.97. The molecule has 36 heavy (non-hydrogen) atoms. The summed E-state index contributed by atoms with van der Waals surface area (Å²) < 4.78 is 36.0. The molecule has 2 atom stereocenters. The monoisotopic (exact) mass is 533 g/mol. The van der Waals surface area contributed by atoms with Crippen LogP contribution in [0.5, 0.6) is 5.75 Å². The van der Waals surface area contributed by atoms with Crippen molar-refractivity contribution in [3.63, 3.8) is 0 Å². The maximum absolute atomic E-state index is 12.1. The van der Waals surface area contributed by atoms with Crippen molar-refractivity contribution < 1.29 is 23.4 Å². The highest BCUT2D eigenvalue weighted by molar-refractivity contribution is 8.22. The van der Waals surface area contributed by atoms with Gasteiger partial charge >= 0.3 is 5.97 Å². The minimum absolute atomic E-state index is 0.0106. The lowest BCUT2D eigenvalue weighted by atomic mass is 9.84. The molecule has 3 rings (SSSR count). The summed E-state index contributed by atoms with van der Waals surface area (Å²) in [6, 6.07) is 14.0. The number of benzene rings is 2. The van der Waals surface area contributed by atoms with Crippen molar-refractivity contribution >= 4 is 28.5 Å². The average Bonchev–Trinajstić information content (AvgIpc) is 2.90. The Labute approximate surface area is 221 Å². The molecule has 2 aromatic rings. The summed E-state index contributed by atoms with van der Waals surface area (Å²) in [5, 5.41) is 0. The van der Waals surface area contributed by atoms with Crippen LogP contribution in [0.3, 0.4) is 0 Å². The molecule has 0 amide bonds. The van der Waals surface area contributed by atoms with E-state index in [1.807, 2.05) is 30.5 Å². The van der Waals surface area contributed by atoms with E-state index >= 15 is 0 Å². The van der Waals surface area contributed by atoms with Gasteiger partial charge in [0.15, 0.2) is 0 Å². The minimum Gasteiger partial charge on any atom is -0.463 e. The summed E-state index contributed by atoms with van der Waals surface area (Å²) in [4.78, 5) is 13.4. The van der Waals surface area contributed by atoms with Gasteiger partial charge in [-0.25, -0.2) is 9.10 Å². The van der Waals surface area contributed by atoms with Crippen LogP contribution in [0.1, 0.15) is 70.4 Å². The van der Waals surface area contributed by atoms with Gasteiger partial charge in [0.1, 0.15) is 11.4 Å². The smallest absolute Gasteiger partial charge is 0.334 e. The quantitative estimate of drug-likeness (QED) is 0.156. The molecular formula is C28H39NO5S2. The number of nitrogens with zero attached hydrogens (tertiary/aromatic N) is 1. The van der Waals surface area contributed by atoms with E-state index in [-0.39, 0.29) is 12.0 Å². The Kier molecular flexibility index (Phi) is 9.57. The fraction of sp³-hybridized carbons (Fsp3) is 0.464. The van der Waals surface area contributed by atoms with Gasteiger partial charge in [-0.15, -0.1) is 22.5 Å². The highest BCUT2D eigenvalue weighted by atomic mass is 32.3. The Morgan fingerprint density at radius 1 is 1.22 bits per heavy atom. The summed E-state index contributed by atoms with van der Waals surface area (Å²) in [6.45, 7) is 7.56. The fourth-order valence-corrected chi connectivity index (χ4v) is 6.72. The Morgan fingerprint density at radius 2 is 1.92 bits per heavy atom. The molecule has 198 valence electrons. The van der Waals surface area contributed by atoms with E-state index in [0.717, 1.165) is 41.7 Å². The van der Waals surface area contributed by atoms with Crippen LogP contribution in [0, 0.1) is 0 Å². The number of thioether (sulfide) groups is 1. The van der Waals surface area contributed by atoms with Crippen LogP contribution >= 0.6 is 22.5 Å². The number of unbranched alkanes of at least 4 members (excludes halogenated alkanes) is 1. The van der Waals surface area contributed by atoms with Crippen molar-refractivity contribution in [3.05, 3.63) is 65.9 Å². The molecule has 8 heteroatoms. The number of rotatable bonds is 8. The normalized spacial score (nSPS) is 21.0. The molecule has 0 bridgehead atoms. The first-order valence-corrected chi connectivity index (χ1v) is 15.0. The minimum atomic E-state index is -3.26. The van der Waals surface area contributed by atoms with E-state index < -0.39 is 22.3 Å². The third kappa shape index (κ3) is 6.86. The van der Waals surface area contributed by atoms with Gasteiger partial charge in [0.05, 0.1) is 22.1 Å². The van der Waals surface area contributed by atoms with Gasteiger partial charge in [-0.2, -0.15) is 0 Å². The van der Waals surface area contributed by atoms with Crippen LogP contribution < -0.4 is 4.74 Å². The van der Waals surface area contributed by atoms with Gasteiger partial charge in [-0.3, -0.25) is 9.11 Å². The molecule has 6 nitrogen and oxygen atoms in total. The Morgan fingerprint density at radius 3 is 2.53 bits per heavy atom. The summed E-state index contributed by atoms with van der Waals surface area (Å²) in [5.74, 6) is -0.0282. The van der Waals surface area contributed by atoms with Crippen LogP contribution in [0.2, 0.25) is 0 Å². The summed E-state index contributed by atoms with van der Waals surface area (Å²) in [6.07, 6.45) is 8.22. The lowest BCUT2D eigenvalue weighted by Crippen LogP contribution is -2.33. The molecule has 0 saturated carbocycles. The van der Waals surface area contributed by atoms with Crippen molar-refractivity contribution in [2.24, 2.45) is 0 Å². The van der Waals surface area contributed by atoms with Crippen LogP contribution in [-0.4, -0.2) is 44.3 Å². The van der Waals surface area contributed by atoms with Crippen molar-refractivity contribution in [2.45, 2.75) is 80.7 Å². The van der Waals surface area contributed by atoms with Crippen molar-refractivity contribution in [1.29, 1.82) is 0 Å². The molecule has 1 aliphatic rings. The van der Waals surface area contributed by atoms with Gasteiger partial charge < -0.3 is 9.47 Å². The standard InChI is InChI=1S/C28H39NO5S2/c1-7-8-14-21-17-22(20-12-10-9-11-13-20)23-18-25(35-6)24(19-26(23)36(31,32)29(21)5)33-16-15-27(30)34-28(2,3)4/h9-13,15-16,18-19,21-22,31-32H,7-8,14,17H2,1-6H3/b16-15+. The molecule has 0 saturated heterocycles. The lowest BCUT2D eigenvalue weighted by Gasteiger charge is -2.43. The molecule has 2 N–H and O–H groups in total. The summed E-state index contributed by atoms with van der Waals surface area (Å²) in [7, 11) is -1.46. The molecule has 2 aromatic carbocycles. The second-order valence-electron chi connectivity index (χ2n) is 10.1. The maximum atomic E-state index is 12.1. The largest absolute Gasteiger partial charge is 0.463 e. The number of ether oxygens (including phenoxy) is 2. The summed E-state index contributed by atoms with van der Waals surface area (Å²) >= 11 is 1.51. The van der Waals surface area contributed by atoms with Crippen molar-refractivity contribution in [1.82, 2.24) is 4.31 Å². The fourth-order valence-electron chi connectivity index (χ4n) is 4.47. The first kappa shape index (κ1) is 28.6. The molecule has 0 aromatic heterocycles. The highest BCUT2D eigenvalue weighted by Crippen LogP contribution is 2.60. The first-order valence-electron chi connectivity index (χ1n) is 12.3. The zero-order valence-corrected chi connectivity index (χ0v) is 23.7. The molecule has 0 aliphatic carbocycles. The van der Waals surface area contributed by atoms with Gasteiger partial charge in [0, 0.05) is 25.1 Å². The molecule has 2 unspecified atom stereocenters. The highest BCUT2D eigenvalue weighted by Gasteiger charge is 2.38. The second kappa shape index (κ2) is 12.0. The Balaban J connectivity index is 2.06. The number of carbonyl (C=O) groups excluding carboxylic acids is 1. The first-order chi connectivity index (χ1) is 17.0. The third-order valence-electron chi connectivity index (χ3n) is 6.29. The SMILES string of the molecule is CCCCC1CC(c2ccccc2)c2cc(SC)c(O/C=C/C(=O)OC(C)(C)C)cc2S(O)(O)N1C. The van der Waals surface area contributed by atoms with E-state index in [0.29, 0.717) is 10.6 Å². The van der Waals surface area contributed by atoms with E-state index in [1.54, 1.807) is 38.2 Å². The van der Waals surface area contributed by atoms with Gasteiger partial charge in [-0.05, 0) is 57.1 Å². The number of fused-ring (bicyclic) bond motifs is 1. The molecule has 0 radical (unpaired) electrons. The van der Waals surface area contributed by atoms with Crippen molar-refractivity contribution in [3.8, 4) is 5.75 Å². The van der Waals surface area contributed by atoms with Gasteiger partial charge in [-0.1, -0.05) is 50.1 Å². The Bertz CT molecular complexity index is 1070. The van der Waals surface area contributed by atoms with E-state index in [4.69, 9.17) is 9.47 Å². The van der Waals surface area contributed by atoms with E-state index in [1.165, 1.54) is 24.1 Å². The third-order valence-corrected chi connectivity index (χ3v) is 9.09. The number of esters is 1. The van der Waals surface area contributed by atoms with Crippen molar-refractivity contribution in [2.75, 3.05) is 13.3 Å². The second-order valence-corrected chi connectivity index (χ2v) is 13.0. The van der Waals surface area contributed by atoms with Crippen LogP contribution in [0.15, 0.2) is 64.6 Å². The van der Waals surface area contributed by atoms with Crippen LogP contribution in [0.25, 0.3) is 0 Å². The summed E-state index contributed by atoms with van der Waals surface area (Å²) in [5.41, 5.74) is 1.45. The zero-order chi connectivity index (χ0) is 26.5. The molecule has 0 fully saturated rings. The maximum Gasteiger partial charge on any atom is 0.334 e. The lowest BCUT2D eigenvalue weighted by molar-refractivity contribution is -0.148. The number of carbonyl (C=O) groups is 1. The number of hydrogen-bond acceptors (Lipinski definition) is 7. The van der Waals surface area contributed by atoms with Crippen LogP contribution in [0.4, 0.5) is 0 Å². The predicted octanol–water partition coefficient (Wildman–Crippen LogP) is 7.69. The van der Waals surface area contributed by atoms with Crippen LogP contribution in [-0.2, 0) is 9.53 Å². The van der Waals surface area contributed by atoms with Gasteiger partial charge in [0.25, 0.3) is 0 Å². The average molecular weight is 534 g/mol. The van der Waals surface area contributed by atoms with E-state index in [2.05, 4.69) is 19.1 Å². The number of hydrogen-bond donors (Lipinski definition) is 2. The zero-order valence-electron chi connectivity index (χ0n) is 22.1. The molecule has 1 aliphatic heterocycles. The molecular weight excluding hydrogens is 494 g/mol. The molecule has 0 spiro atoms. The van der Waals surface area contributed by atoms with Gasteiger partial charge in [0.2, 0.25) is 0 Å².